The Labute approximate surface area is 195 Å². The average Bonchev–Trinajstić information content (AvgIpc) is 3.10. The molecule has 2 aliphatic rings. The Bertz CT molecular complexity index is 963. The van der Waals surface area contributed by atoms with Crippen molar-refractivity contribution in [2.75, 3.05) is 19.0 Å². The highest BCUT2D eigenvalue weighted by molar-refractivity contribution is 8.05. The molecule has 1 aliphatic heterocycles. The standard InChI is InChI=1S/C26H32N2O3S/c1-4-31-22-15-14-19(16-23(22)30-3)17-24-25(29)28(21-13-9-8-10-18(21)2)26(32-24)27-20-11-6-5-7-12-20/h5-7,11-12,14-18,21,26-27H,4,8-10,13H2,1-3H3/b24-17-/t18-,21-,26?/m1/s1. The zero-order valence-electron chi connectivity index (χ0n) is 19.0. The van der Waals surface area contributed by atoms with Gasteiger partial charge in [-0.15, -0.1) is 0 Å². The Hall–Kier alpha value is -2.60. The van der Waals surface area contributed by atoms with Crippen molar-refractivity contribution >= 4 is 29.4 Å². The summed E-state index contributed by atoms with van der Waals surface area (Å²) in [5.41, 5.74) is 1.83. The van der Waals surface area contributed by atoms with Crippen LogP contribution in [0.15, 0.2) is 53.4 Å². The molecular weight excluding hydrogens is 420 g/mol. The van der Waals surface area contributed by atoms with Gasteiger partial charge in [0.25, 0.3) is 5.91 Å². The van der Waals surface area contributed by atoms with E-state index in [1.807, 2.05) is 61.5 Å². The molecule has 1 unspecified atom stereocenters. The quantitative estimate of drug-likeness (QED) is 0.523. The highest BCUT2D eigenvalue weighted by Gasteiger charge is 2.42. The average molecular weight is 453 g/mol. The number of methoxy groups -OCH3 is 1. The molecular formula is C26H32N2O3S. The second-order valence-electron chi connectivity index (χ2n) is 8.37. The van der Waals surface area contributed by atoms with Crippen LogP contribution in [-0.2, 0) is 4.79 Å². The molecule has 0 spiro atoms. The summed E-state index contributed by atoms with van der Waals surface area (Å²) in [6.45, 7) is 4.80. The van der Waals surface area contributed by atoms with Crippen LogP contribution in [0.3, 0.4) is 0 Å². The van der Waals surface area contributed by atoms with E-state index in [1.165, 1.54) is 19.3 Å². The summed E-state index contributed by atoms with van der Waals surface area (Å²) in [4.78, 5) is 16.5. The van der Waals surface area contributed by atoms with Gasteiger partial charge >= 0.3 is 0 Å². The van der Waals surface area contributed by atoms with Crippen molar-refractivity contribution in [1.29, 1.82) is 0 Å². The molecule has 2 aromatic rings. The van der Waals surface area contributed by atoms with E-state index < -0.39 is 0 Å². The fourth-order valence-corrected chi connectivity index (χ4v) is 5.78. The van der Waals surface area contributed by atoms with E-state index in [2.05, 4.69) is 17.1 Å². The predicted molar refractivity (Wildman–Crippen MR) is 132 cm³/mol. The van der Waals surface area contributed by atoms with Gasteiger partial charge in [0, 0.05) is 11.7 Å². The van der Waals surface area contributed by atoms with Crippen LogP contribution in [0.4, 0.5) is 5.69 Å². The molecule has 2 fully saturated rings. The Kier molecular flexibility index (Phi) is 7.30. The van der Waals surface area contributed by atoms with Gasteiger partial charge in [-0.25, -0.2) is 0 Å². The lowest BCUT2D eigenvalue weighted by Gasteiger charge is -2.39. The number of ether oxygens (including phenoxy) is 2. The first-order chi connectivity index (χ1) is 15.6. The Morgan fingerprint density at radius 2 is 1.91 bits per heavy atom. The summed E-state index contributed by atoms with van der Waals surface area (Å²) in [5.74, 6) is 1.99. The third-order valence-electron chi connectivity index (χ3n) is 6.21. The summed E-state index contributed by atoms with van der Waals surface area (Å²) >= 11 is 1.59. The molecule has 5 nitrogen and oxygen atoms in total. The van der Waals surface area contributed by atoms with E-state index in [0.717, 1.165) is 22.6 Å². The molecule has 0 bridgehead atoms. The number of carbonyl (C=O) groups excluding carboxylic acids is 1. The zero-order valence-corrected chi connectivity index (χ0v) is 19.9. The molecule has 0 radical (unpaired) electrons. The van der Waals surface area contributed by atoms with Crippen molar-refractivity contribution in [3.8, 4) is 11.5 Å². The summed E-state index contributed by atoms with van der Waals surface area (Å²) in [6, 6.07) is 16.2. The highest BCUT2D eigenvalue weighted by Crippen LogP contribution is 2.42. The third kappa shape index (κ3) is 4.90. The van der Waals surface area contributed by atoms with Gasteiger partial charge < -0.3 is 19.7 Å². The van der Waals surface area contributed by atoms with E-state index in [9.17, 15) is 4.79 Å². The fraction of sp³-hybridized carbons (Fsp3) is 0.423. The van der Waals surface area contributed by atoms with Crippen LogP contribution < -0.4 is 14.8 Å². The molecule has 6 heteroatoms. The van der Waals surface area contributed by atoms with E-state index >= 15 is 0 Å². The second-order valence-corrected chi connectivity index (χ2v) is 9.50. The van der Waals surface area contributed by atoms with E-state index in [1.54, 1.807) is 18.9 Å². The number of benzene rings is 2. The summed E-state index contributed by atoms with van der Waals surface area (Å²) in [6.07, 6.45) is 6.63. The maximum absolute atomic E-state index is 13.6. The number of amides is 1. The molecule has 0 aromatic heterocycles. The van der Waals surface area contributed by atoms with Crippen LogP contribution in [0.2, 0.25) is 0 Å². The summed E-state index contributed by atoms with van der Waals surface area (Å²) < 4.78 is 11.1. The van der Waals surface area contributed by atoms with E-state index in [0.29, 0.717) is 24.0 Å². The van der Waals surface area contributed by atoms with Crippen LogP contribution in [-0.4, -0.2) is 36.1 Å². The van der Waals surface area contributed by atoms with Gasteiger partial charge in [0.05, 0.1) is 18.6 Å². The minimum Gasteiger partial charge on any atom is -0.493 e. The smallest absolute Gasteiger partial charge is 0.262 e. The summed E-state index contributed by atoms with van der Waals surface area (Å²) in [7, 11) is 1.64. The van der Waals surface area contributed by atoms with Crippen LogP contribution in [0.5, 0.6) is 11.5 Å². The molecule has 3 atom stereocenters. The molecule has 1 N–H and O–H groups in total. The second kappa shape index (κ2) is 10.3. The van der Waals surface area contributed by atoms with Gasteiger partial charge in [-0.05, 0) is 61.6 Å². The number of hydrogen-bond acceptors (Lipinski definition) is 5. The van der Waals surface area contributed by atoms with Crippen molar-refractivity contribution in [3.05, 3.63) is 59.0 Å². The number of nitrogens with one attached hydrogen (secondary N) is 1. The van der Waals surface area contributed by atoms with E-state index in [-0.39, 0.29) is 17.4 Å². The predicted octanol–water partition coefficient (Wildman–Crippen LogP) is 5.98. The largest absolute Gasteiger partial charge is 0.493 e. The van der Waals surface area contributed by atoms with Crippen LogP contribution in [0, 0.1) is 5.92 Å². The molecule has 1 amide bonds. The topological polar surface area (TPSA) is 50.8 Å². The molecule has 1 heterocycles. The van der Waals surface area contributed by atoms with Crippen molar-refractivity contribution in [1.82, 2.24) is 4.90 Å². The van der Waals surface area contributed by atoms with Crippen LogP contribution in [0.1, 0.15) is 45.1 Å². The number of anilines is 1. The van der Waals surface area contributed by atoms with Crippen LogP contribution >= 0.6 is 11.8 Å². The molecule has 1 saturated carbocycles. The number of para-hydroxylation sites is 1. The minimum atomic E-state index is -0.119. The summed E-state index contributed by atoms with van der Waals surface area (Å²) in [5, 5.41) is 3.59. The fourth-order valence-electron chi connectivity index (χ4n) is 4.57. The van der Waals surface area contributed by atoms with Crippen molar-refractivity contribution < 1.29 is 14.3 Å². The number of nitrogens with zero attached hydrogens (tertiary/aromatic N) is 1. The first-order valence-electron chi connectivity index (χ1n) is 11.4. The third-order valence-corrected chi connectivity index (χ3v) is 7.32. The Balaban J connectivity index is 1.63. The monoisotopic (exact) mass is 452 g/mol. The van der Waals surface area contributed by atoms with Crippen molar-refractivity contribution in [2.24, 2.45) is 5.92 Å². The zero-order chi connectivity index (χ0) is 22.5. The molecule has 1 saturated heterocycles. The van der Waals surface area contributed by atoms with Crippen LogP contribution in [0.25, 0.3) is 6.08 Å². The first kappa shape index (κ1) is 22.6. The van der Waals surface area contributed by atoms with Crippen molar-refractivity contribution in [3.63, 3.8) is 0 Å². The Morgan fingerprint density at radius 1 is 1.12 bits per heavy atom. The maximum atomic E-state index is 13.6. The lowest BCUT2D eigenvalue weighted by atomic mass is 9.85. The molecule has 170 valence electrons. The molecule has 4 rings (SSSR count). The first-order valence-corrected chi connectivity index (χ1v) is 12.3. The number of rotatable bonds is 7. The Morgan fingerprint density at radius 3 is 2.62 bits per heavy atom. The molecule has 1 aliphatic carbocycles. The maximum Gasteiger partial charge on any atom is 0.262 e. The van der Waals surface area contributed by atoms with Gasteiger partial charge in [-0.2, -0.15) is 0 Å². The molecule has 2 aromatic carbocycles. The van der Waals surface area contributed by atoms with E-state index in [4.69, 9.17) is 9.47 Å². The van der Waals surface area contributed by atoms with Gasteiger partial charge in [-0.3, -0.25) is 4.79 Å². The minimum absolute atomic E-state index is 0.107. The number of thioether (sulfide) groups is 1. The lowest BCUT2D eigenvalue weighted by Crippen LogP contribution is -2.48. The van der Waals surface area contributed by atoms with Gasteiger partial charge in [0.15, 0.2) is 17.0 Å². The molecule has 32 heavy (non-hydrogen) atoms. The number of hydrogen-bond donors (Lipinski definition) is 1. The lowest BCUT2D eigenvalue weighted by molar-refractivity contribution is -0.129. The van der Waals surface area contributed by atoms with Gasteiger partial charge in [0.2, 0.25) is 0 Å². The normalized spacial score (nSPS) is 24.6. The van der Waals surface area contributed by atoms with Crippen molar-refractivity contribution in [2.45, 2.75) is 51.1 Å². The number of carbonyl (C=O) groups is 1. The van der Waals surface area contributed by atoms with Gasteiger partial charge in [0.1, 0.15) is 0 Å². The van der Waals surface area contributed by atoms with Gasteiger partial charge in [-0.1, -0.05) is 55.8 Å². The highest BCUT2D eigenvalue weighted by atomic mass is 32.2. The SMILES string of the molecule is CCOc1ccc(/C=C2\SC(Nc3ccccc3)N([C@@H]3CCCC[C@H]3C)C2=O)cc1OC.